The fourth-order valence-corrected chi connectivity index (χ4v) is 3.91. The second-order valence-corrected chi connectivity index (χ2v) is 9.68. The summed E-state index contributed by atoms with van der Waals surface area (Å²) in [6.07, 6.45) is 0. The lowest BCUT2D eigenvalue weighted by atomic mass is 9.84. The van der Waals surface area contributed by atoms with Crippen molar-refractivity contribution in [2.45, 2.75) is 39.0 Å². The Labute approximate surface area is 217 Å². The maximum absolute atomic E-state index is 13.6. The average molecular weight is 527 g/mol. The van der Waals surface area contributed by atoms with Crippen LogP contribution in [-0.4, -0.2) is 40.7 Å². The van der Waals surface area contributed by atoms with Crippen molar-refractivity contribution >= 4 is 51.9 Å². The zero-order valence-electron chi connectivity index (χ0n) is 20.9. The molecule has 0 aliphatic heterocycles. The van der Waals surface area contributed by atoms with Crippen LogP contribution in [0.15, 0.2) is 46.3 Å². The number of esters is 1. The number of amides is 3. The number of aryl methyl sites for hydroxylation is 1. The molecule has 194 valence electrons. The molecule has 11 nitrogen and oxygen atoms in total. The Kier molecular flexibility index (Phi) is 7.97. The summed E-state index contributed by atoms with van der Waals surface area (Å²) in [6, 6.07) is 9.01. The van der Waals surface area contributed by atoms with E-state index in [0.717, 1.165) is 18.2 Å². The molecule has 0 fully saturated rings. The van der Waals surface area contributed by atoms with Gasteiger partial charge in [-0.05, 0) is 41.7 Å². The molecule has 3 aromatic rings. The van der Waals surface area contributed by atoms with E-state index in [1.807, 2.05) is 51.3 Å². The van der Waals surface area contributed by atoms with Crippen LogP contribution >= 0.6 is 11.6 Å². The number of para-hydroxylation sites is 1. The Morgan fingerprint density at radius 2 is 1.89 bits per heavy atom. The molecule has 0 aliphatic rings. The number of ether oxygens (including phenoxy) is 1. The lowest BCUT2D eigenvalue weighted by Gasteiger charge is -2.25. The van der Waals surface area contributed by atoms with Gasteiger partial charge in [-0.25, -0.2) is 15.2 Å². The topological polar surface area (TPSA) is 169 Å². The number of nitrogens with two attached hydrogens (primary N) is 1. The molecule has 0 bridgehead atoms. The SMILES string of the molecule is COC(=O)C(/C(=N/NC(N)=O)C(=O)Nc1c(C)cccc1C(C)(C)C)c1nc2ccc(Cl)cc2[nH]c1=O. The second-order valence-electron chi connectivity index (χ2n) is 9.24. The van der Waals surface area contributed by atoms with Crippen LogP contribution in [0.25, 0.3) is 11.0 Å². The number of rotatable bonds is 6. The molecule has 0 aliphatic carbocycles. The minimum atomic E-state index is -1.71. The molecule has 37 heavy (non-hydrogen) atoms. The lowest BCUT2D eigenvalue weighted by Crippen LogP contribution is -2.40. The van der Waals surface area contributed by atoms with E-state index in [-0.39, 0.29) is 11.1 Å². The van der Waals surface area contributed by atoms with E-state index in [0.29, 0.717) is 21.7 Å². The molecule has 12 heteroatoms. The number of carbonyl (C=O) groups excluding carboxylic acids is 3. The number of H-pyrrole nitrogens is 1. The number of hydrogen-bond acceptors (Lipinski definition) is 7. The van der Waals surface area contributed by atoms with Gasteiger partial charge in [0.2, 0.25) is 0 Å². The van der Waals surface area contributed by atoms with Crippen molar-refractivity contribution in [3.8, 4) is 0 Å². The predicted molar refractivity (Wildman–Crippen MR) is 141 cm³/mol. The average Bonchev–Trinajstić information content (AvgIpc) is 2.81. The van der Waals surface area contributed by atoms with Crippen molar-refractivity contribution in [2.75, 3.05) is 12.4 Å². The van der Waals surface area contributed by atoms with Gasteiger partial charge in [0, 0.05) is 10.7 Å². The van der Waals surface area contributed by atoms with Crippen LogP contribution in [0.3, 0.4) is 0 Å². The molecule has 1 heterocycles. The molecule has 0 spiro atoms. The number of methoxy groups -OCH3 is 1. The number of primary amides is 1. The smallest absolute Gasteiger partial charge is 0.332 e. The highest BCUT2D eigenvalue weighted by molar-refractivity contribution is 6.48. The van der Waals surface area contributed by atoms with Crippen LogP contribution in [0.2, 0.25) is 5.02 Å². The first-order valence-electron chi connectivity index (χ1n) is 11.1. The Bertz CT molecular complexity index is 1470. The van der Waals surface area contributed by atoms with Crippen molar-refractivity contribution < 1.29 is 19.1 Å². The van der Waals surface area contributed by atoms with Crippen LogP contribution in [0.1, 0.15) is 43.5 Å². The zero-order valence-corrected chi connectivity index (χ0v) is 21.7. The fourth-order valence-electron chi connectivity index (χ4n) is 3.74. The van der Waals surface area contributed by atoms with Crippen molar-refractivity contribution in [1.82, 2.24) is 15.4 Å². The molecule has 0 saturated heterocycles. The van der Waals surface area contributed by atoms with Gasteiger partial charge in [0.15, 0.2) is 5.92 Å². The summed E-state index contributed by atoms with van der Waals surface area (Å²) in [6.45, 7) is 7.73. The maximum Gasteiger partial charge on any atom is 0.332 e. The van der Waals surface area contributed by atoms with E-state index in [1.165, 1.54) is 12.1 Å². The van der Waals surface area contributed by atoms with Gasteiger partial charge in [-0.3, -0.25) is 14.4 Å². The van der Waals surface area contributed by atoms with Gasteiger partial charge in [0.05, 0.1) is 18.1 Å². The van der Waals surface area contributed by atoms with E-state index in [1.54, 1.807) is 6.07 Å². The number of aromatic amines is 1. The molecule has 5 N–H and O–H groups in total. The van der Waals surface area contributed by atoms with Gasteiger partial charge in [0.25, 0.3) is 11.5 Å². The number of benzene rings is 2. The first-order chi connectivity index (χ1) is 17.3. The number of urea groups is 1. The molecule has 0 saturated carbocycles. The summed E-state index contributed by atoms with van der Waals surface area (Å²) >= 11 is 6.00. The van der Waals surface area contributed by atoms with E-state index >= 15 is 0 Å². The molecule has 0 radical (unpaired) electrons. The highest BCUT2D eigenvalue weighted by Gasteiger charge is 2.37. The third-order valence-corrected chi connectivity index (χ3v) is 5.74. The van der Waals surface area contributed by atoms with Crippen LogP contribution in [-0.2, 0) is 19.7 Å². The highest BCUT2D eigenvalue weighted by atomic mass is 35.5. The number of nitrogens with one attached hydrogen (secondary N) is 3. The third-order valence-electron chi connectivity index (χ3n) is 5.50. The Balaban J connectivity index is 2.20. The molecule has 3 amide bonds. The lowest BCUT2D eigenvalue weighted by molar-refractivity contribution is -0.141. The summed E-state index contributed by atoms with van der Waals surface area (Å²) in [7, 11) is 1.08. The quantitative estimate of drug-likeness (QED) is 0.218. The minimum Gasteiger partial charge on any atom is -0.468 e. The molecule has 2 aromatic carbocycles. The molecular weight excluding hydrogens is 500 g/mol. The van der Waals surface area contributed by atoms with Crippen molar-refractivity contribution in [3.63, 3.8) is 0 Å². The highest BCUT2D eigenvalue weighted by Crippen LogP contribution is 2.32. The standard InChI is InChI=1S/C25H27ClN6O5/c1-12-7-6-8-14(25(2,3)4)18(12)30-22(34)20(31-32-24(27)36)17(23(35)37-5)19-21(33)29-16-11-13(26)9-10-15(16)28-19/h6-11,17H,1-5H3,(H,29,33)(H,30,34)(H3,27,32,36)/b31-20-. The number of nitrogens with zero attached hydrogens (tertiary/aromatic N) is 2. The van der Waals surface area contributed by atoms with E-state index in [4.69, 9.17) is 22.1 Å². The number of halogens is 1. The fraction of sp³-hybridized carbons (Fsp3) is 0.280. The summed E-state index contributed by atoms with van der Waals surface area (Å²) in [5, 5.41) is 6.93. The normalized spacial score (nSPS) is 12.6. The molecular formula is C25H27ClN6O5. The summed E-state index contributed by atoms with van der Waals surface area (Å²) < 4.78 is 4.89. The van der Waals surface area contributed by atoms with Crippen LogP contribution in [0, 0.1) is 6.92 Å². The number of aromatic nitrogens is 2. The number of hydrogen-bond donors (Lipinski definition) is 4. The summed E-state index contributed by atoms with van der Waals surface area (Å²) in [4.78, 5) is 57.9. The molecule has 3 rings (SSSR count). The van der Waals surface area contributed by atoms with Crippen LogP contribution < -0.4 is 22.0 Å². The van der Waals surface area contributed by atoms with E-state index in [2.05, 4.69) is 20.4 Å². The summed E-state index contributed by atoms with van der Waals surface area (Å²) in [5.74, 6) is -3.59. The van der Waals surface area contributed by atoms with Crippen molar-refractivity contribution in [2.24, 2.45) is 10.8 Å². The largest absolute Gasteiger partial charge is 0.468 e. The number of anilines is 1. The van der Waals surface area contributed by atoms with Crippen molar-refractivity contribution in [3.05, 3.63) is 68.6 Å². The van der Waals surface area contributed by atoms with Gasteiger partial charge < -0.3 is 20.8 Å². The second kappa shape index (κ2) is 10.8. The minimum absolute atomic E-state index is 0.296. The number of fused-ring (bicyclic) bond motifs is 1. The van der Waals surface area contributed by atoms with Gasteiger partial charge in [0.1, 0.15) is 11.4 Å². The molecule has 1 unspecified atom stereocenters. The molecule has 1 atom stereocenters. The Morgan fingerprint density at radius 1 is 1.19 bits per heavy atom. The predicted octanol–water partition coefficient (Wildman–Crippen LogP) is 3.10. The van der Waals surface area contributed by atoms with E-state index < -0.39 is 35.1 Å². The first kappa shape index (κ1) is 27.3. The summed E-state index contributed by atoms with van der Waals surface area (Å²) in [5.41, 5.74) is 7.74. The number of hydrazone groups is 1. The molecule has 1 aromatic heterocycles. The van der Waals surface area contributed by atoms with Crippen LogP contribution in [0.4, 0.5) is 10.5 Å². The van der Waals surface area contributed by atoms with Gasteiger partial charge in [-0.2, -0.15) is 5.10 Å². The van der Waals surface area contributed by atoms with Crippen LogP contribution in [0.5, 0.6) is 0 Å². The number of carbonyl (C=O) groups is 3. The first-order valence-corrected chi connectivity index (χ1v) is 11.5. The Morgan fingerprint density at radius 3 is 2.51 bits per heavy atom. The van der Waals surface area contributed by atoms with Crippen molar-refractivity contribution in [1.29, 1.82) is 0 Å². The maximum atomic E-state index is 13.6. The van der Waals surface area contributed by atoms with Gasteiger partial charge >= 0.3 is 12.0 Å². The Hall–Kier alpha value is -4.25. The monoisotopic (exact) mass is 526 g/mol. The van der Waals surface area contributed by atoms with E-state index in [9.17, 15) is 19.2 Å². The van der Waals surface area contributed by atoms with Gasteiger partial charge in [-0.15, -0.1) is 0 Å². The van der Waals surface area contributed by atoms with Gasteiger partial charge in [-0.1, -0.05) is 50.6 Å². The zero-order chi connectivity index (χ0) is 27.5. The third kappa shape index (κ3) is 6.12.